The summed E-state index contributed by atoms with van der Waals surface area (Å²) in [4.78, 5) is 16.2. The van der Waals surface area contributed by atoms with Gasteiger partial charge in [-0.15, -0.1) is 0 Å². The van der Waals surface area contributed by atoms with Crippen LogP contribution in [0.2, 0.25) is 0 Å². The van der Waals surface area contributed by atoms with Crippen molar-refractivity contribution in [2.24, 2.45) is 0 Å². The number of hydrogen-bond acceptors (Lipinski definition) is 2. The van der Waals surface area contributed by atoms with E-state index in [1.807, 2.05) is 45.0 Å². The molecule has 0 saturated carbocycles. The Morgan fingerprint density at radius 3 is 2.38 bits per heavy atom. The molecule has 0 radical (unpaired) electrons. The van der Waals surface area contributed by atoms with E-state index in [1.54, 1.807) is 0 Å². The van der Waals surface area contributed by atoms with Gasteiger partial charge in [0.25, 0.3) is 5.91 Å². The molecule has 0 spiro atoms. The minimum atomic E-state index is -0.213. The van der Waals surface area contributed by atoms with E-state index in [-0.39, 0.29) is 17.8 Å². The van der Waals surface area contributed by atoms with Gasteiger partial charge in [0.15, 0.2) is 6.04 Å². The lowest BCUT2D eigenvalue weighted by atomic mass is 10.1. The fourth-order valence-corrected chi connectivity index (χ4v) is 3.52. The quantitative estimate of drug-likeness (QED) is 0.881. The van der Waals surface area contributed by atoms with Crippen molar-refractivity contribution >= 4 is 17.3 Å². The Labute approximate surface area is 154 Å². The van der Waals surface area contributed by atoms with E-state index >= 15 is 0 Å². The Kier molecular flexibility index (Phi) is 5.57. The van der Waals surface area contributed by atoms with Gasteiger partial charge in [0, 0.05) is 11.4 Å². The number of quaternary nitrogens is 1. The fraction of sp³-hybridized carbons (Fsp3) is 0.381. The number of nitrogens with zero attached hydrogens (tertiary/aromatic N) is 1. The summed E-state index contributed by atoms with van der Waals surface area (Å²) in [7, 11) is 0. The first-order valence-corrected chi connectivity index (χ1v) is 9.17. The zero-order chi connectivity index (χ0) is 18.7. The van der Waals surface area contributed by atoms with Gasteiger partial charge in [-0.25, -0.2) is 4.39 Å². The molecule has 0 aromatic heterocycles. The number of carbonyl (C=O) groups is 1. The Morgan fingerprint density at radius 2 is 1.77 bits per heavy atom. The molecule has 1 aliphatic heterocycles. The van der Waals surface area contributed by atoms with Crippen molar-refractivity contribution in [1.82, 2.24) is 0 Å². The Bertz CT molecular complexity index is 767. The van der Waals surface area contributed by atoms with E-state index in [1.165, 1.54) is 22.6 Å². The number of piperazine rings is 1. The van der Waals surface area contributed by atoms with Crippen LogP contribution in [0.15, 0.2) is 42.5 Å². The van der Waals surface area contributed by atoms with E-state index in [0.29, 0.717) is 0 Å². The molecule has 1 amide bonds. The third kappa shape index (κ3) is 4.22. The largest absolute Gasteiger partial charge is 0.360 e. The molecule has 1 aliphatic rings. The molecule has 1 fully saturated rings. The Morgan fingerprint density at radius 1 is 1.12 bits per heavy atom. The second kappa shape index (κ2) is 7.87. The molecule has 2 N–H and O–H groups in total. The van der Waals surface area contributed by atoms with Gasteiger partial charge in [-0.05, 0) is 56.7 Å². The smallest absolute Gasteiger partial charge is 0.282 e. The second-order valence-electron chi connectivity index (χ2n) is 7.15. The maximum Gasteiger partial charge on any atom is 0.282 e. The molecule has 26 heavy (non-hydrogen) atoms. The molecule has 0 bridgehead atoms. The van der Waals surface area contributed by atoms with Crippen LogP contribution in [0.4, 0.5) is 15.8 Å². The molecule has 138 valence electrons. The number of halogens is 1. The van der Waals surface area contributed by atoms with Crippen LogP contribution in [0.5, 0.6) is 0 Å². The van der Waals surface area contributed by atoms with Gasteiger partial charge in [-0.1, -0.05) is 17.7 Å². The van der Waals surface area contributed by atoms with Crippen LogP contribution < -0.4 is 15.1 Å². The van der Waals surface area contributed by atoms with Gasteiger partial charge in [0.2, 0.25) is 0 Å². The SMILES string of the molecule is Cc1ccc(NC(=O)[C@H](C)[NH+]2CCN(c3ccc(F)cc3)CC2)c(C)c1. The highest BCUT2D eigenvalue weighted by Gasteiger charge is 2.29. The van der Waals surface area contributed by atoms with Crippen LogP contribution in [-0.2, 0) is 4.79 Å². The van der Waals surface area contributed by atoms with Gasteiger partial charge in [0.1, 0.15) is 5.82 Å². The highest BCUT2D eigenvalue weighted by molar-refractivity contribution is 5.94. The summed E-state index contributed by atoms with van der Waals surface area (Å²) in [5.74, 6) is -0.156. The summed E-state index contributed by atoms with van der Waals surface area (Å²) in [5.41, 5.74) is 4.20. The highest BCUT2D eigenvalue weighted by Crippen LogP contribution is 2.16. The Hall–Kier alpha value is -2.40. The van der Waals surface area contributed by atoms with Crippen molar-refractivity contribution in [1.29, 1.82) is 0 Å². The van der Waals surface area contributed by atoms with Gasteiger partial charge in [-0.2, -0.15) is 0 Å². The van der Waals surface area contributed by atoms with Crippen LogP contribution in [-0.4, -0.2) is 38.1 Å². The van der Waals surface area contributed by atoms with E-state index in [0.717, 1.165) is 43.1 Å². The lowest BCUT2D eigenvalue weighted by molar-refractivity contribution is -0.914. The zero-order valence-electron chi connectivity index (χ0n) is 15.7. The van der Waals surface area contributed by atoms with E-state index < -0.39 is 0 Å². The standard InChI is InChI=1S/C21H26FN3O/c1-15-4-9-20(16(2)14-15)23-21(26)17(3)24-10-12-25(13-11-24)19-7-5-18(22)6-8-19/h4-9,14,17H,10-13H2,1-3H3,(H,23,26)/p+1/t17-/m0/s1. The summed E-state index contributed by atoms with van der Waals surface area (Å²) in [6.07, 6.45) is 0. The number of hydrogen-bond donors (Lipinski definition) is 2. The monoisotopic (exact) mass is 356 g/mol. The van der Waals surface area contributed by atoms with Crippen molar-refractivity contribution in [3.05, 3.63) is 59.4 Å². The number of nitrogens with one attached hydrogen (secondary N) is 2. The van der Waals surface area contributed by atoms with Gasteiger partial charge < -0.3 is 15.1 Å². The van der Waals surface area contributed by atoms with Gasteiger partial charge in [0.05, 0.1) is 26.2 Å². The molecule has 0 unspecified atom stereocenters. The summed E-state index contributed by atoms with van der Waals surface area (Å²) in [6, 6.07) is 12.6. The van der Waals surface area contributed by atoms with Crippen molar-refractivity contribution in [2.75, 3.05) is 36.4 Å². The maximum absolute atomic E-state index is 13.1. The van der Waals surface area contributed by atoms with Crippen molar-refractivity contribution < 1.29 is 14.1 Å². The minimum absolute atomic E-state index is 0.0576. The van der Waals surface area contributed by atoms with Crippen LogP contribution >= 0.6 is 0 Å². The van der Waals surface area contributed by atoms with Crippen LogP contribution in [0.3, 0.4) is 0 Å². The molecule has 2 aromatic carbocycles. The number of aryl methyl sites for hydroxylation is 2. The molecule has 0 aliphatic carbocycles. The number of amides is 1. The summed E-state index contributed by atoms with van der Waals surface area (Å²) in [5, 5.41) is 3.07. The summed E-state index contributed by atoms with van der Waals surface area (Å²) in [6.45, 7) is 9.55. The van der Waals surface area contributed by atoms with Gasteiger partial charge >= 0.3 is 0 Å². The van der Waals surface area contributed by atoms with Crippen molar-refractivity contribution in [3.8, 4) is 0 Å². The first kappa shape index (κ1) is 18.4. The molecule has 1 saturated heterocycles. The third-order valence-electron chi connectivity index (χ3n) is 5.24. The predicted octanol–water partition coefficient (Wildman–Crippen LogP) is 2.17. The van der Waals surface area contributed by atoms with Crippen molar-refractivity contribution in [2.45, 2.75) is 26.8 Å². The number of anilines is 2. The van der Waals surface area contributed by atoms with Crippen molar-refractivity contribution in [3.63, 3.8) is 0 Å². The van der Waals surface area contributed by atoms with E-state index in [2.05, 4.69) is 16.3 Å². The van der Waals surface area contributed by atoms with Crippen LogP contribution in [0.25, 0.3) is 0 Å². The topological polar surface area (TPSA) is 36.8 Å². The molecule has 2 aromatic rings. The first-order chi connectivity index (χ1) is 12.4. The van der Waals surface area contributed by atoms with Crippen LogP contribution in [0.1, 0.15) is 18.1 Å². The summed E-state index contributed by atoms with van der Waals surface area (Å²) >= 11 is 0. The highest BCUT2D eigenvalue weighted by atomic mass is 19.1. The minimum Gasteiger partial charge on any atom is -0.360 e. The number of benzene rings is 2. The number of carbonyl (C=O) groups excluding carboxylic acids is 1. The maximum atomic E-state index is 13.1. The zero-order valence-corrected chi connectivity index (χ0v) is 15.7. The molecular weight excluding hydrogens is 329 g/mol. The first-order valence-electron chi connectivity index (χ1n) is 9.17. The predicted molar refractivity (Wildman–Crippen MR) is 103 cm³/mol. The average molecular weight is 356 g/mol. The third-order valence-corrected chi connectivity index (χ3v) is 5.24. The van der Waals surface area contributed by atoms with Gasteiger partial charge in [-0.3, -0.25) is 4.79 Å². The molecule has 3 rings (SSSR count). The number of rotatable bonds is 4. The summed E-state index contributed by atoms with van der Waals surface area (Å²) < 4.78 is 13.1. The van der Waals surface area contributed by atoms with E-state index in [9.17, 15) is 9.18 Å². The molecule has 1 atom stereocenters. The van der Waals surface area contributed by atoms with E-state index in [4.69, 9.17) is 0 Å². The lowest BCUT2D eigenvalue weighted by Gasteiger charge is -2.36. The molecule has 4 nitrogen and oxygen atoms in total. The Balaban J connectivity index is 1.56. The fourth-order valence-electron chi connectivity index (χ4n) is 3.52. The average Bonchev–Trinajstić information content (AvgIpc) is 2.64. The van der Waals surface area contributed by atoms with Crippen LogP contribution in [0, 0.1) is 19.7 Å². The lowest BCUT2D eigenvalue weighted by Crippen LogP contribution is -3.19. The molecular formula is C21H27FN3O+. The molecule has 5 heteroatoms. The normalized spacial score (nSPS) is 16.4. The molecule has 1 heterocycles. The second-order valence-corrected chi connectivity index (χ2v) is 7.15.